The summed E-state index contributed by atoms with van der Waals surface area (Å²) in [5, 5.41) is 3.53. The van der Waals surface area contributed by atoms with Gasteiger partial charge in [-0.25, -0.2) is 4.39 Å². The number of halogens is 2. The Bertz CT molecular complexity index is 425. The topological polar surface area (TPSA) is 15.3 Å². The lowest BCUT2D eigenvalue weighted by Crippen LogP contribution is -2.45. The molecule has 20 heavy (non-hydrogen) atoms. The normalized spacial score (nSPS) is 20.2. The molecule has 0 aromatic heterocycles. The van der Waals surface area contributed by atoms with E-state index in [4.69, 9.17) is 0 Å². The predicted octanol–water partition coefficient (Wildman–Crippen LogP) is 3.94. The van der Waals surface area contributed by atoms with Gasteiger partial charge in [0.1, 0.15) is 5.82 Å². The van der Waals surface area contributed by atoms with Gasteiger partial charge < -0.3 is 5.32 Å². The van der Waals surface area contributed by atoms with Crippen LogP contribution in [-0.2, 0) is 6.54 Å². The van der Waals surface area contributed by atoms with Gasteiger partial charge in [-0.3, -0.25) is 4.90 Å². The third-order valence-corrected chi connectivity index (χ3v) is 4.68. The van der Waals surface area contributed by atoms with Crippen LogP contribution < -0.4 is 5.32 Å². The van der Waals surface area contributed by atoms with Gasteiger partial charge in [-0.15, -0.1) is 0 Å². The lowest BCUT2D eigenvalue weighted by Gasteiger charge is -2.36. The van der Waals surface area contributed by atoms with Gasteiger partial charge in [0.25, 0.3) is 0 Å². The molecule has 2 nitrogen and oxygen atoms in total. The summed E-state index contributed by atoms with van der Waals surface area (Å²) in [6.07, 6.45) is 5.02. The molecule has 2 rings (SSSR count). The molecule has 1 aromatic carbocycles. The van der Waals surface area contributed by atoms with E-state index in [9.17, 15) is 4.39 Å². The Morgan fingerprint density at radius 3 is 3.00 bits per heavy atom. The highest BCUT2D eigenvalue weighted by Crippen LogP contribution is 2.24. The molecular formula is C16H24BrFN2. The van der Waals surface area contributed by atoms with E-state index in [1.54, 1.807) is 12.1 Å². The van der Waals surface area contributed by atoms with Gasteiger partial charge in [0.05, 0.1) is 0 Å². The number of nitrogens with one attached hydrogen (secondary N) is 1. The summed E-state index contributed by atoms with van der Waals surface area (Å²) in [4.78, 5) is 2.53. The number of hydrogen-bond acceptors (Lipinski definition) is 2. The lowest BCUT2D eigenvalue weighted by atomic mass is 10.0. The van der Waals surface area contributed by atoms with E-state index in [0.29, 0.717) is 6.04 Å². The first-order valence-corrected chi connectivity index (χ1v) is 8.38. The van der Waals surface area contributed by atoms with Crippen LogP contribution in [0.5, 0.6) is 0 Å². The monoisotopic (exact) mass is 342 g/mol. The van der Waals surface area contributed by atoms with Crippen molar-refractivity contribution in [2.75, 3.05) is 19.6 Å². The van der Waals surface area contributed by atoms with E-state index in [2.05, 4.69) is 33.1 Å². The van der Waals surface area contributed by atoms with Crippen molar-refractivity contribution < 1.29 is 4.39 Å². The second kappa shape index (κ2) is 8.11. The number of hydrogen-bond donors (Lipinski definition) is 1. The summed E-state index contributed by atoms with van der Waals surface area (Å²) in [6.45, 7) is 6.39. The van der Waals surface area contributed by atoms with Crippen molar-refractivity contribution in [1.29, 1.82) is 0 Å². The molecule has 1 aromatic rings. The molecule has 1 aliphatic rings. The molecule has 0 radical (unpaired) electrons. The Balaban J connectivity index is 1.97. The molecular weight excluding hydrogens is 319 g/mol. The van der Waals surface area contributed by atoms with Crippen LogP contribution in [0.3, 0.4) is 0 Å². The van der Waals surface area contributed by atoms with Crippen LogP contribution in [0.1, 0.15) is 38.2 Å². The lowest BCUT2D eigenvalue weighted by molar-refractivity contribution is 0.137. The number of likely N-dealkylation sites (tertiary alicyclic amines) is 1. The van der Waals surface area contributed by atoms with Gasteiger partial charge in [-0.05, 0) is 50.0 Å². The van der Waals surface area contributed by atoms with Crippen molar-refractivity contribution in [2.45, 2.75) is 45.2 Å². The Labute approximate surface area is 129 Å². The molecule has 0 aliphatic carbocycles. The maximum atomic E-state index is 13.2. The van der Waals surface area contributed by atoms with E-state index < -0.39 is 0 Å². The average Bonchev–Trinajstić information content (AvgIpc) is 2.44. The Hall–Kier alpha value is -0.450. The van der Waals surface area contributed by atoms with Crippen LogP contribution in [0.15, 0.2) is 22.7 Å². The Kier molecular flexibility index (Phi) is 6.46. The zero-order valence-corrected chi connectivity index (χ0v) is 13.8. The smallest absolute Gasteiger partial charge is 0.124 e. The molecule has 0 amide bonds. The summed E-state index contributed by atoms with van der Waals surface area (Å²) in [6, 6.07) is 5.61. The zero-order chi connectivity index (χ0) is 14.4. The van der Waals surface area contributed by atoms with E-state index in [1.165, 1.54) is 31.2 Å². The molecule has 1 atom stereocenters. The van der Waals surface area contributed by atoms with Crippen molar-refractivity contribution in [3.05, 3.63) is 34.1 Å². The number of piperidine rings is 1. The maximum absolute atomic E-state index is 13.2. The Morgan fingerprint density at radius 2 is 2.25 bits per heavy atom. The van der Waals surface area contributed by atoms with Crippen LogP contribution in [0.2, 0.25) is 0 Å². The summed E-state index contributed by atoms with van der Waals surface area (Å²) in [5.74, 6) is -0.180. The highest BCUT2D eigenvalue weighted by molar-refractivity contribution is 9.10. The molecule has 1 saturated heterocycles. The molecule has 112 valence electrons. The minimum Gasteiger partial charge on any atom is -0.315 e. The molecule has 0 spiro atoms. The zero-order valence-electron chi connectivity index (χ0n) is 12.2. The van der Waals surface area contributed by atoms with Crippen molar-refractivity contribution in [2.24, 2.45) is 0 Å². The van der Waals surface area contributed by atoms with E-state index in [-0.39, 0.29) is 5.82 Å². The second-order valence-corrected chi connectivity index (χ2v) is 6.41. The van der Waals surface area contributed by atoms with E-state index >= 15 is 0 Å². The molecule has 1 aliphatic heterocycles. The fraction of sp³-hybridized carbons (Fsp3) is 0.625. The highest BCUT2D eigenvalue weighted by Gasteiger charge is 2.22. The van der Waals surface area contributed by atoms with Crippen LogP contribution in [-0.4, -0.2) is 30.6 Å². The number of nitrogens with zero attached hydrogens (tertiary/aromatic N) is 1. The fourth-order valence-electron chi connectivity index (χ4n) is 2.81. The van der Waals surface area contributed by atoms with Gasteiger partial charge in [-0.2, -0.15) is 0 Å². The third kappa shape index (κ3) is 4.54. The van der Waals surface area contributed by atoms with Crippen LogP contribution in [0.4, 0.5) is 4.39 Å². The third-order valence-electron chi connectivity index (χ3n) is 3.94. The summed E-state index contributed by atoms with van der Waals surface area (Å²) < 4.78 is 14.0. The molecule has 4 heteroatoms. The summed E-state index contributed by atoms with van der Waals surface area (Å²) in [7, 11) is 0. The van der Waals surface area contributed by atoms with Crippen LogP contribution >= 0.6 is 15.9 Å². The molecule has 1 N–H and O–H groups in total. The first-order chi connectivity index (χ1) is 9.70. The average molecular weight is 343 g/mol. The Morgan fingerprint density at radius 1 is 1.40 bits per heavy atom. The fourth-order valence-corrected chi connectivity index (χ4v) is 3.29. The van der Waals surface area contributed by atoms with Crippen molar-refractivity contribution in [3.8, 4) is 0 Å². The van der Waals surface area contributed by atoms with Crippen LogP contribution in [0.25, 0.3) is 0 Å². The van der Waals surface area contributed by atoms with Crippen molar-refractivity contribution in [1.82, 2.24) is 10.2 Å². The van der Waals surface area contributed by atoms with Crippen LogP contribution in [0, 0.1) is 5.82 Å². The van der Waals surface area contributed by atoms with Crippen molar-refractivity contribution >= 4 is 15.9 Å². The predicted molar refractivity (Wildman–Crippen MR) is 85.3 cm³/mol. The maximum Gasteiger partial charge on any atom is 0.124 e. The molecule has 0 saturated carbocycles. The van der Waals surface area contributed by atoms with Gasteiger partial charge in [-0.1, -0.05) is 35.3 Å². The minimum absolute atomic E-state index is 0.180. The van der Waals surface area contributed by atoms with E-state index in [0.717, 1.165) is 30.7 Å². The SMILES string of the molecule is CCCNCC1CCCCN1Cc1ccc(F)cc1Br. The molecule has 1 unspecified atom stereocenters. The first-order valence-electron chi connectivity index (χ1n) is 7.59. The molecule has 1 heterocycles. The van der Waals surface area contributed by atoms with Gasteiger partial charge in [0.15, 0.2) is 0 Å². The quantitative estimate of drug-likeness (QED) is 0.787. The first kappa shape index (κ1) is 15.9. The van der Waals surface area contributed by atoms with E-state index in [1.807, 2.05) is 6.07 Å². The number of benzene rings is 1. The molecule has 0 bridgehead atoms. The summed E-state index contributed by atoms with van der Waals surface area (Å²) >= 11 is 3.48. The van der Waals surface area contributed by atoms with Gasteiger partial charge in [0.2, 0.25) is 0 Å². The highest BCUT2D eigenvalue weighted by atomic mass is 79.9. The second-order valence-electron chi connectivity index (χ2n) is 5.56. The minimum atomic E-state index is -0.180. The number of rotatable bonds is 6. The molecule has 1 fully saturated rings. The standard InChI is InChI=1S/C16H24BrFN2/c1-2-8-19-11-15-5-3-4-9-20(15)12-13-6-7-14(18)10-16(13)17/h6-7,10,15,19H,2-5,8-9,11-12H2,1H3. The summed E-state index contributed by atoms with van der Waals surface area (Å²) in [5.41, 5.74) is 1.17. The largest absolute Gasteiger partial charge is 0.315 e. The van der Waals surface area contributed by atoms with Gasteiger partial charge in [0, 0.05) is 23.6 Å². The van der Waals surface area contributed by atoms with Gasteiger partial charge >= 0.3 is 0 Å². The van der Waals surface area contributed by atoms with Crippen molar-refractivity contribution in [3.63, 3.8) is 0 Å².